The monoisotopic (exact) mass is 310 g/mol. The molecule has 1 aliphatic rings. The van der Waals surface area contributed by atoms with Gasteiger partial charge in [0.05, 0.1) is 0 Å². The zero-order chi connectivity index (χ0) is 14.9. The second kappa shape index (κ2) is 9.44. The normalized spacial score (nSPS) is 16.5. The Morgan fingerprint density at radius 1 is 1.24 bits per heavy atom. The van der Waals surface area contributed by atoms with Crippen molar-refractivity contribution in [3.63, 3.8) is 0 Å². The molecule has 1 N–H and O–H groups in total. The first-order chi connectivity index (χ1) is 10.3. The molecule has 2 rings (SSSR count). The number of rotatable bonds is 8. The molecule has 1 aromatic carbocycles. The topological polar surface area (TPSA) is 15.3 Å². The van der Waals surface area contributed by atoms with Gasteiger partial charge in [0.2, 0.25) is 0 Å². The number of hydrogen-bond donors (Lipinski definition) is 1. The van der Waals surface area contributed by atoms with Crippen molar-refractivity contribution in [2.45, 2.75) is 31.1 Å². The summed E-state index contributed by atoms with van der Waals surface area (Å²) in [5.41, 5.74) is 0. The average Bonchev–Trinajstić information content (AvgIpc) is 2.50. The van der Waals surface area contributed by atoms with Crippen LogP contribution in [0.2, 0.25) is 0 Å². The predicted molar refractivity (Wildman–Crippen MR) is 89.4 cm³/mol. The van der Waals surface area contributed by atoms with Gasteiger partial charge in [-0.2, -0.15) is 0 Å². The molecule has 1 fully saturated rings. The lowest BCUT2D eigenvalue weighted by Gasteiger charge is -2.29. The Morgan fingerprint density at radius 3 is 2.71 bits per heavy atom. The highest BCUT2D eigenvalue weighted by molar-refractivity contribution is 7.99. The Labute approximate surface area is 132 Å². The number of nitrogens with zero attached hydrogens (tertiary/aromatic N) is 1. The molecule has 0 unspecified atom stereocenters. The minimum absolute atomic E-state index is 0.0945. The van der Waals surface area contributed by atoms with Crippen molar-refractivity contribution in [1.82, 2.24) is 10.2 Å². The smallest absolute Gasteiger partial charge is 0.136 e. The molecule has 0 aliphatic carbocycles. The molecule has 1 aromatic rings. The van der Waals surface area contributed by atoms with Crippen LogP contribution in [0.1, 0.15) is 26.2 Å². The maximum atomic E-state index is 13.6. The Bertz CT molecular complexity index is 408. The van der Waals surface area contributed by atoms with E-state index in [1.165, 1.54) is 25.8 Å². The van der Waals surface area contributed by atoms with Crippen LogP contribution < -0.4 is 5.32 Å². The van der Waals surface area contributed by atoms with Crippen LogP contribution in [-0.4, -0.2) is 43.4 Å². The molecule has 0 spiro atoms. The Morgan fingerprint density at radius 2 is 2.00 bits per heavy atom. The molecule has 0 aromatic heterocycles. The Kier molecular flexibility index (Phi) is 7.54. The molecule has 0 amide bonds. The van der Waals surface area contributed by atoms with Crippen LogP contribution in [0.3, 0.4) is 0 Å². The molecular weight excluding hydrogens is 283 g/mol. The van der Waals surface area contributed by atoms with E-state index in [9.17, 15) is 4.39 Å². The van der Waals surface area contributed by atoms with Crippen LogP contribution in [0.15, 0.2) is 29.2 Å². The van der Waals surface area contributed by atoms with Gasteiger partial charge in [0, 0.05) is 23.7 Å². The number of nitrogens with one attached hydrogen (secondary N) is 1. The first kappa shape index (κ1) is 16.8. The molecular formula is C17H27FN2S. The molecule has 118 valence electrons. The summed E-state index contributed by atoms with van der Waals surface area (Å²) in [7, 11) is 0. The van der Waals surface area contributed by atoms with Crippen LogP contribution >= 0.6 is 11.8 Å². The number of hydrogen-bond acceptors (Lipinski definition) is 3. The van der Waals surface area contributed by atoms with Crippen molar-refractivity contribution in [3.8, 4) is 0 Å². The van der Waals surface area contributed by atoms with E-state index in [4.69, 9.17) is 0 Å². The first-order valence-electron chi connectivity index (χ1n) is 8.10. The summed E-state index contributed by atoms with van der Waals surface area (Å²) < 4.78 is 13.6. The molecule has 0 bridgehead atoms. The lowest BCUT2D eigenvalue weighted by molar-refractivity contribution is 0.215. The maximum absolute atomic E-state index is 13.6. The van der Waals surface area contributed by atoms with Gasteiger partial charge in [-0.05, 0) is 56.9 Å². The zero-order valence-electron chi connectivity index (χ0n) is 13.0. The highest BCUT2D eigenvalue weighted by Crippen LogP contribution is 2.21. The van der Waals surface area contributed by atoms with Crippen molar-refractivity contribution in [3.05, 3.63) is 30.1 Å². The van der Waals surface area contributed by atoms with Gasteiger partial charge < -0.3 is 10.2 Å². The highest BCUT2D eigenvalue weighted by atomic mass is 32.2. The fourth-order valence-electron chi connectivity index (χ4n) is 2.89. The van der Waals surface area contributed by atoms with Crippen molar-refractivity contribution in [2.24, 2.45) is 5.92 Å². The first-order valence-corrected chi connectivity index (χ1v) is 9.08. The minimum Gasteiger partial charge on any atom is -0.317 e. The van der Waals surface area contributed by atoms with Gasteiger partial charge in [0.25, 0.3) is 0 Å². The SMILES string of the molecule is CCCN(CCSc1ccccc1F)CC1CCNCC1. The van der Waals surface area contributed by atoms with E-state index in [1.807, 2.05) is 12.1 Å². The van der Waals surface area contributed by atoms with E-state index in [2.05, 4.69) is 17.1 Å². The van der Waals surface area contributed by atoms with Gasteiger partial charge >= 0.3 is 0 Å². The maximum Gasteiger partial charge on any atom is 0.136 e. The van der Waals surface area contributed by atoms with Gasteiger partial charge in [-0.15, -0.1) is 11.8 Å². The van der Waals surface area contributed by atoms with Crippen LogP contribution in [0.5, 0.6) is 0 Å². The third-order valence-corrected chi connectivity index (χ3v) is 5.05. The lowest BCUT2D eigenvalue weighted by atomic mass is 9.97. The fraction of sp³-hybridized carbons (Fsp3) is 0.647. The molecule has 0 atom stereocenters. The number of benzene rings is 1. The van der Waals surface area contributed by atoms with Crippen molar-refractivity contribution < 1.29 is 4.39 Å². The quantitative estimate of drug-likeness (QED) is 0.738. The molecule has 0 radical (unpaired) electrons. The van der Waals surface area contributed by atoms with Gasteiger partial charge in [-0.3, -0.25) is 0 Å². The standard InChI is InChI=1S/C17H27FN2S/c1-2-11-20(14-15-7-9-19-10-8-15)12-13-21-17-6-4-3-5-16(17)18/h3-6,15,19H,2,7-14H2,1H3. The second-order valence-electron chi connectivity index (χ2n) is 5.77. The molecule has 4 heteroatoms. The largest absolute Gasteiger partial charge is 0.317 e. The van der Waals surface area contributed by atoms with Crippen LogP contribution in [-0.2, 0) is 0 Å². The van der Waals surface area contributed by atoms with E-state index >= 15 is 0 Å². The van der Waals surface area contributed by atoms with Gasteiger partial charge in [0.1, 0.15) is 5.82 Å². The van der Waals surface area contributed by atoms with Gasteiger partial charge in [-0.1, -0.05) is 19.1 Å². The highest BCUT2D eigenvalue weighted by Gasteiger charge is 2.16. The molecule has 0 saturated carbocycles. The van der Waals surface area contributed by atoms with Crippen LogP contribution in [0.25, 0.3) is 0 Å². The summed E-state index contributed by atoms with van der Waals surface area (Å²) in [5.74, 6) is 1.70. The summed E-state index contributed by atoms with van der Waals surface area (Å²) in [6.07, 6.45) is 3.77. The third-order valence-electron chi connectivity index (χ3n) is 4.02. The van der Waals surface area contributed by atoms with Gasteiger partial charge in [0.15, 0.2) is 0 Å². The van der Waals surface area contributed by atoms with Crippen molar-refractivity contribution in [2.75, 3.05) is 38.5 Å². The van der Waals surface area contributed by atoms with Crippen molar-refractivity contribution in [1.29, 1.82) is 0 Å². The zero-order valence-corrected chi connectivity index (χ0v) is 13.8. The summed E-state index contributed by atoms with van der Waals surface area (Å²) in [5, 5.41) is 3.43. The predicted octanol–water partition coefficient (Wildman–Crippen LogP) is 3.63. The molecule has 21 heavy (non-hydrogen) atoms. The average molecular weight is 310 g/mol. The van der Waals surface area contributed by atoms with Crippen LogP contribution in [0.4, 0.5) is 4.39 Å². The van der Waals surface area contributed by atoms with Gasteiger partial charge in [-0.25, -0.2) is 4.39 Å². The summed E-state index contributed by atoms with van der Waals surface area (Å²) in [6, 6.07) is 7.07. The molecule has 1 heterocycles. The Hall–Kier alpha value is -0.580. The van der Waals surface area contributed by atoms with E-state index in [1.54, 1.807) is 23.9 Å². The summed E-state index contributed by atoms with van der Waals surface area (Å²) in [4.78, 5) is 3.33. The molecule has 2 nitrogen and oxygen atoms in total. The number of piperidine rings is 1. The number of halogens is 1. The van der Waals surface area contributed by atoms with E-state index < -0.39 is 0 Å². The van der Waals surface area contributed by atoms with Crippen LogP contribution in [0, 0.1) is 11.7 Å². The Balaban J connectivity index is 1.75. The van der Waals surface area contributed by atoms with E-state index in [0.29, 0.717) is 0 Å². The minimum atomic E-state index is -0.0945. The molecule has 1 saturated heterocycles. The molecule has 1 aliphatic heterocycles. The van der Waals surface area contributed by atoms with Crippen molar-refractivity contribution >= 4 is 11.8 Å². The van der Waals surface area contributed by atoms with E-state index in [0.717, 1.165) is 42.7 Å². The summed E-state index contributed by atoms with van der Waals surface area (Å²) in [6.45, 7) is 7.97. The van der Waals surface area contributed by atoms with E-state index in [-0.39, 0.29) is 5.82 Å². The number of thioether (sulfide) groups is 1. The third kappa shape index (κ3) is 5.97. The lowest BCUT2D eigenvalue weighted by Crippen LogP contribution is -2.37. The second-order valence-corrected chi connectivity index (χ2v) is 6.91. The fourth-order valence-corrected chi connectivity index (χ4v) is 3.84. The summed E-state index contributed by atoms with van der Waals surface area (Å²) >= 11 is 1.63.